The fourth-order valence-electron chi connectivity index (χ4n) is 1.09. The van der Waals surface area contributed by atoms with Gasteiger partial charge in [0.1, 0.15) is 11.9 Å². The van der Waals surface area contributed by atoms with Crippen LogP contribution in [0.4, 0.5) is 0 Å². The number of hydrogen-bond donors (Lipinski definition) is 0. The Bertz CT molecular complexity index is 332. The van der Waals surface area contributed by atoms with Crippen LogP contribution in [-0.4, -0.2) is 6.10 Å². The molecule has 0 aromatic heterocycles. The summed E-state index contributed by atoms with van der Waals surface area (Å²) in [5, 5.41) is 9.14. The van der Waals surface area contributed by atoms with E-state index in [1.165, 1.54) is 0 Å². The highest BCUT2D eigenvalue weighted by atomic mass is 35.5. The van der Waals surface area contributed by atoms with E-state index in [0.717, 1.165) is 6.42 Å². The molecule has 0 aliphatic rings. The van der Waals surface area contributed by atoms with E-state index in [2.05, 4.69) is 6.07 Å². The number of nitriles is 1. The molecule has 0 amide bonds. The van der Waals surface area contributed by atoms with Crippen molar-refractivity contribution in [3.8, 4) is 11.8 Å². The van der Waals surface area contributed by atoms with Gasteiger partial charge in [0.2, 0.25) is 0 Å². The molecular weight excluding hydrogens is 198 g/mol. The van der Waals surface area contributed by atoms with Gasteiger partial charge in [0.25, 0.3) is 0 Å². The van der Waals surface area contributed by atoms with Gasteiger partial charge in [0, 0.05) is 0 Å². The van der Waals surface area contributed by atoms with Gasteiger partial charge in [-0.1, -0.05) is 30.7 Å². The Labute approximate surface area is 89.1 Å². The minimum absolute atomic E-state index is 0.0695. The molecule has 0 spiro atoms. The summed E-state index contributed by atoms with van der Waals surface area (Å²) in [5.74, 6) is 0.649. The van der Waals surface area contributed by atoms with E-state index in [1.54, 1.807) is 6.07 Å². The largest absolute Gasteiger partial charge is 0.488 e. The summed E-state index contributed by atoms with van der Waals surface area (Å²) in [6.07, 6.45) is 1.13. The molecule has 0 aliphatic carbocycles. The first-order valence-electron chi connectivity index (χ1n) is 4.56. The minimum Gasteiger partial charge on any atom is -0.488 e. The highest BCUT2D eigenvalue weighted by molar-refractivity contribution is 6.32. The third-order valence-corrected chi connectivity index (χ3v) is 2.22. The minimum atomic E-state index is -0.0695. The van der Waals surface area contributed by atoms with Crippen molar-refractivity contribution in [3.63, 3.8) is 0 Å². The molecule has 0 bridgehead atoms. The van der Waals surface area contributed by atoms with Crippen molar-refractivity contribution < 1.29 is 4.74 Å². The smallest absolute Gasteiger partial charge is 0.138 e. The van der Waals surface area contributed by atoms with Gasteiger partial charge in [0.15, 0.2) is 0 Å². The molecule has 14 heavy (non-hydrogen) atoms. The van der Waals surface area contributed by atoms with Crippen molar-refractivity contribution in [1.29, 1.82) is 5.26 Å². The third kappa shape index (κ3) is 2.93. The molecule has 0 saturated carbocycles. The summed E-state index contributed by atoms with van der Waals surface area (Å²) in [7, 11) is 0. The molecule has 0 radical (unpaired) electrons. The molecule has 0 heterocycles. The average molecular weight is 210 g/mol. The maximum absolute atomic E-state index is 8.55. The Balaban J connectivity index is 2.68. The molecule has 1 unspecified atom stereocenters. The van der Waals surface area contributed by atoms with Gasteiger partial charge in [0.05, 0.1) is 17.5 Å². The van der Waals surface area contributed by atoms with E-state index in [4.69, 9.17) is 21.6 Å². The lowest BCUT2D eigenvalue weighted by molar-refractivity contribution is 0.202. The second-order valence-electron chi connectivity index (χ2n) is 2.94. The molecule has 3 heteroatoms. The van der Waals surface area contributed by atoms with Crippen LogP contribution in [0, 0.1) is 11.3 Å². The molecular formula is C11H12ClNO. The number of rotatable bonds is 4. The zero-order valence-corrected chi connectivity index (χ0v) is 8.79. The summed E-state index contributed by atoms with van der Waals surface area (Å²) in [6, 6.07) is 9.38. The Morgan fingerprint density at radius 1 is 1.50 bits per heavy atom. The van der Waals surface area contributed by atoms with Crippen LogP contribution in [0.1, 0.15) is 19.8 Å². The quantitative estimate of drug-likeness (QED) is 0.762. The van der Waals surface area contributed by atoms with Crippen molar-refractivity contribution in [1.82, 2.24) is 0 Å². The number of halogens is 1. The van der Waals surface area contributed by atoms with Gasteiger partial charge in [-0.25, -0.2) is 0 Å². The lowest BCUT2D eigenvalue weighted by Crippen LogP contribution is -2.14. The van der Waals surface area contributed by atoms with Crippen molar-refractivity contribution in [2.45, 2.75) is 25.9 Å². The summed E-state index contributed by atoms with van der Waals surface area (Å²) in [6.45, 7) is 1.98. The standard InChI is InChI=1S/C11H12ClNO/c1-2-9(7-8-13)14-11-6-4-3-5-10(11)12/h3-6,9H,2,7H2,1H3. The van der Waals surface area contributed by atoms with Crippen LogP contribution in [-0.2, 0) is 0 Å². The Hall–Kier alpha value is -1.20. The van der Waals surface area contributed by atoms with E-state index >= 15 is 0 Å². The molecule has 74 valence electrons. The zero-order chi connectivity index (χ0) is 10.4. The molecule has 0 saturated heterocycles. The lowest BCUT2D eigenvalue weighted by atomic mass is 10.2. The number of hydrogen-bond acceptors (Lipinski definition) is 2. The Morgan fingerprint density at radius 3 is 2.79 bits per heavy atom. The van der Waals surface area contributed by atoms with Crippen LogP contribution in [0.25, 0.3) is 0 Å². The highest BCUT2D eigenvalue weighted by Gasteiger charge is 2.09. The molecule has 1 atom stereocenters. The van der Waals surface area contributed by atoms with Crippen molar-refractivity contribution in [2.24, 2.45) is 0 Å². The van der Waals surface area contributed by atoms with Crippen molar-refractivity contribution >= 4 is 11.6 Å². The fraction of sp³-hybridized carbons (Fsp3) is 0.364. The molecule has 0 fully saturated rings. The maximum atomic E-state index is 8.55. The summed E-state index contributed by atoms with van der Waals surface area (Å²) in [4.78, 5) is 0. The van der Waals surface area contributed by atoms with Crippen LogP contribution in [0.15, 0.2) is 24.3 Å². The molecule has 0 aliphatic heterocycles. The highest BCUT2D eigenvalue weighted by Crippen LogP contribution is 2.25. The van der Waals surface area contributed by atoms with Crippen LogP contribution in [0.3, 0.4) is 0 Å². The van der Waals surface area contributed by atoms with Crippen LogP contribution in [0.5, 0.6) is 5.75 Å². The number of benzene rings is 1. The monoisotopic (exact) mass is 209 g/mol. The van der Waals surface area contributed by atoms with Gasteiger partial charge in [-0.05, 0) is 18.6 Å². The van der Waals surface area contributed by atoms with Gasteiger partial charge in [-0.2, -0.15) is 5.26 Å². The molecule has 2 nitrogen and oxygen atoms in total. The summed E-state index contributed by atoms with van der Waals surface area (Å²) in [5.41, 5.74) is 0. The molecule has 1 aromatic carbocycles. The lowest BCUT2D eigenvalue weighted by Gasteiger charge is -2.15. The third-order valence-electron chi connectivity index (χ3n) is 1.90. The van der Waals surface area contributed by atoms with E-state index in [0.29, 0.717) is 17.2 Å². The van der Waals surface area contributed by atoms with Gasteiger partial charge < -0.3 is 4.74 Å². The van der Waals surface area contributed by atoms with E-state index in [1.807, 2.05) is 25.1 Å². The number of ether oxygens (including phenoxy) is 1. The predicted octanol–water partition coefficient (Wildman–Crippen LogP) is 3.41. The van der Waals surface area contributed by atoms with E-state index < -0.39 is 0 Å². The Kier molecular flexibility index (Phi) is 4.28. The summed E-state index contributed by atoms with van der Waals surface area (Å²) < 4.78 is 5.58. The van der Waals surface area contributed by atoms with E-state index in [-0.39, 0.29) is 6.10 Å². The topological polar surface area (TPSA) is 33.0 Å². The average Bonchev–Trinajstić information content (AvgIpc) is 2.20. The van der Waals surface area contributed by atoms with Crippen molar-refractivity contribution in [2.75, 3.05) is 0 Å². The SMILES string of the molecule is CCC(CC#N)Oc1ccccc1Cl. The molecule has 1 aromatic rings. The van der Waals surface area contributed by atoms with Gasteiger partial charge in [-0.3, -0.25) is 0 Å². The molecule has 1 rings (SSSR count). The Morgan fingerprint density at radius 2 is 2.21 bits per heavy atom. The number of nitrogens with zero attached hydrogens (tertiary/aromatic N) is 1. The first-order valence-corrected chi connectivity index (χ1v) is 4.93. The van der Waals surface area contributed by atoms with Crippen LogP contribution in [0.2, 0.25) is 5.02 Å². The zero-order valence-electron chi connectivity index (χ0n) is 8.03. The van der Waals surface area contributed by atoms with Gasteiger partial charge >= 0.3 is 0 Å². The first kappa shape index (κ1) is 10.9. The van der Waals surface area contributed by atoms with Crippen LogP contribution >= 0.6 is 11.6 Å². The first-order chi connectivity index (χ1) is 6.77. The van der Waals surface area contributed by atoms with Gasteiger partial charge in [-0.15, -0.1) is 0 Å². The van der Waals surface area contributed by atoms with E-state index in [9.17, 15) is 0 Å². The maximum Gasteiger partial charge on any atom is 0.138 e. The fourth-order valence-corrected chi connectivity index (χ4v) is 1.27. The molecule has 0 N–H and O–H groups in total. The predicted molar refractivity (Wildman–Crippen MR) is 56.4 cm³/mol. The van der Waals surface area contributed by atoms with Crippen LogP contribution < -0.4 is 4.74 Å². The second kappa shape index (κ2) is 5.51. The normalized spacial score (nSPS) is 11.8. The summed E-state index contributed by atoms with van der Waals surface area (Å²) >= 11 is 5.92. The van der Waals surface area contributed by atoms with Crippen molar-refractivity contribution in [3.05, 3.63) is 29.3 Å². The second-order valence-corrected chi connectivity index (χ2v) is 3.35. The number of para-hydroxylation sites is 1.